The fraction of sp³-hybridized carbons (Fsp3) is 1.00. The van der Waals surface area contributed by atoms with E-state index in [9.17, 15) is 16.8 Å². The summed E-state index contributed by atoms with van der Waals surface area (Å²) in [4.78, 5) is 0. The van der Waals surface area contributed by atoms with Gasteiger partial charge >= 0.3 is 0 Å². The first kappa shape index (κ1) is 9.98. The molecule has 4 nitrogen and oxygen atoms in total. The molecule has 0 atom stereocenters. The molecule has 0 unspecified atom stereocenters. The minimum absolute atomic E-state index is 0.210. The van der Waals surface area contributed by atoms with Crippen molar-refractivity contribution < 1.29 is 16.8 Å². The van der Waals surface area contributed by atoms with Gasteiger partial charge in [0.05, 0.1) is 11.5 Å². The Morgan fingerprint density at radius 2 is 1.33 bits per heavy atom. The SMILES string of the molecule is CC(C)C1S(=O)(=O)CCS1(=O)=O. The van der Waals surface area contributed by atoms with E-state index >= 15 is 0 Å². The lowest BCUT2D eigenvalue weighted by Gasteiger charge is -2.11. The molecule has 6 heteroatoms. The van der Waals surface area contributed by atoms with Crippen LogP contribution in [0.25, 0.3) is 0 Å². The van der Waals surface area contributed by atoms with E-state index < -0.39 is 24.3 Å². The second-order valence-electron chi connectivity index (χ2n) is 3.35. The van der Waals surface area contributed by atoms with Gasteiger partial charge in [0.15, 0.2) is 24.3 Å². The Hall–Kier alpha value is -0.100. The zero-order valence-electron chi connectivity index (χ0n) is 7.02. The Morgan fingerprint density at radius 3 is 1.50 bits per heavy atom. The molecule has 1 saturated heterocycles. The number of rotatable bonds is 1. The molecule has 0 aromatic rings. The molecule has 0 saturated carbocycles. The first-order valence-electron chi connectivity index (χ1n) is 3.70. The van der Waals surface area contributed by atoms with Crippen LogP contribution in [0.2, 0.25) is 0 Å². The lowest BCUT2D eigenvalue weighted by Crippen LogP contribution is -2.28. The largest absolute Gasteiger partial charge is 0.227 e. The molecule has 1 heterocycles. The highest BCUT2D eigenvalue weighted by atomic mass is 32.3. The number of hydrogen-bond donors (Lipinski definition) is 0. The molecule has 1 rings (SSSR count). The highest BCUT2D eigenvalue weighted by Gasteiger charge is 2.46. The van der Waals surface area contributed by atoms with Crippen molar-refractivity contribution in [3.05, 3.63) is 0 Å². The summed E-state index contributed by atoms with van der Waals surface area (Å²) in [5.41, 5.74) is 0. The Labute approximate surface area is 72.8 Å². The molecule has 1 fully saturated rings. The van der Waals surface area contributed by atoms with Gasteiger partial charge in [-0.25, -0.2) is 16.8 Å². The Bertz CT molecular complexity index is 328. The maximum Gasteiger partial charge on any atom is 0.168 e. The summed E-state index contributed by atoms with van der Waals surface area (Å²) < 4.78 is 43.8. The molecular formula is C6H12O4S2. The van der Waals surface area contributed by atoms with E-state index in [-0.39, 0.29) is 17.4 Å². The van der Waals surface area contributed by atoms with Gasteiger partial charge in [-0.1, -0.05) is 13.8 Å². The number of sulfone groups is 2. The van der Waals surface area contributed by atoms with E-state index in [1.165, 1.54) is 0 Å². The van der Waals surface area contributed by atoms with Gasteiger partial charge in [0, 0.05) is 0 Å². The van der Waals surface area contributed by atoms with Crippen molar-refractivity contribution in [1.82, 2.24) is 0 Å². The second kappa shape index (κ2) is 2.70. The van der Waals surface area contributed by atoms with Crippen molar-refractivity contribution in [3.8, 4) is 0 Å². The third kappa shape index (κ3) is 1.50. The highest BCUT2D eigenvalue weighted by Crippen LogP contribution is 2.26. The van der Waals surface area contributed by atoms with E-state index in [1.54, 1.807) is 13.8 Å². The monoisotopic (exact) mass is 212 g/mol. The van der Waals surface area contributed by atoms with Crippen LogP contribution in [0.5, 0.6) is 0 Å². The summed E-state index contributed by atoms with van der Waals surface area (Å²) in [6, 6.07) is 0. The minimum Gasteiger partial charge on any atom is -0.227 e. The Balaban J connectivity index is 3.24. The second-order valence-corrected chi connectivity index (χ2v) is 8.13. The van der Waals surface area contributed by atoms with Crippen LogP contribution < -0.4 is 0 Å². The molecule has 0 bridgehead atoms. The maximum absolute atomic E-state index is 11.2. The van der Waals surface area contributed by atoms with E-state index in [2.05, 4.69) is 0 Å². The van der Waals surface area contributed by atoms with Gasteiger partial charge < -0.3 is 0 Å². The van der Waals surface area contributed by atoms with Gasteiger partial charge in [0.25, 0.3) is 0 Å². The van der Waals surface area contributed by atoms with Crippen LogP contribution in [0.15, 0.2) is 0 Å². The molecule has 0 aromatic carbocycles. The lowest BCUT2D eigenvalue weighted by atomic mass is 10.3. The van der Waals surface area contributed by atoms with Crippen molar-refractivity contribution >= 4 is 19.7 Å². The molecule has 1 aliphatic heterocycles. The average Bonchev–Trinajstić information content (AvgIpc) is 2.01. The van der Waals surface area contributed by atoms with Gasteiger partial charge in [-0.05, 0) is 5.92 Å². The molecule has 72 valence electrons. The topological polar surface area (TPSA) is 68.3 Å². The maximum atomic E-state index is 11.2. The van der Waals surface area contributed by atoms with Crippen LogP contribution in [0.1, 0.15) is 13.8 Å². The fourth-order valence-corrected chi connectivity index (χ4v) is 7.86. The molecule has 12 heavy (non-hydrogen) atoms. The molecule has 0 amide bonds. The number of hydrogen-bond acceptors (Lipinski definition) is 4. The summed E-state index contributed by atoms with van der Waals surface area (Å²) >= 11 is 0. The Morgan fingerprint density at radius 1 is 1.00 bits per heavy atom. The quantitative estimate of drug-likeness (QED) is 0.604. The van der Waals surface area contributed by atoms with Crippen LogP contribution in [-0.2, 0) is 19.7 Å². The summed E-state index contributed by atoms with van der Waals surface area (Å²) in [6.07, 6.45) is 0. The fourth-order valence-electron chi connectivity index (χ4n) is 1.52. The third-order valence-corrected chi connectivity index (χ3v) is 7.97. The van der Waals surface area contributed by atoms with Crippen LogP contribution >= 0.6 is 0 Å². The molecule has 0 aliphatic carbocycles. The van der Waals surface area contributed by atoms with Gasteiger partial charge in [0.2, 0.25) is 0 Å². The first-order valence-corrected chi connectivity index (χ1v) is 7.13. The normalized spacial score (nSPS) is 27.9. The zero-order valence-corrected chi connectivity index (χ0v) is 8.65. The van der Waals surface area contributed by atoms with Gasteiger partial charge in [-0.2, -0.15) is 0 Å². The summed E-state index contributed by atoms with van der Waals surface area (Å²) in [6.45, 7) is 3.23. The highest BCUT2D eigenvalue weighted by molar-refractivity contribution is 8.12. The molecule has 0 spiro atoms. The molecule has 0 radical (unpaired) electrons. The predicted molar refractivity (Wildman–Crippen MR) is 46.2 cm³/mol. The van der Waals surface area contributed by atoms with Crippen molar-refractivity contribution in [2.24, 2.45) is 5.92 Å². The van der Waals surface area contributed by atoms with Gasteiger partial charge in [0.1, 0.15) is 0 Å². The molecule has 0 N–H and O–H groups in total. The van der Waals surface area contributed by atoms with E-state index in [0.717, 1.165) is 0 Å². The van der Waals surface area contributed by atoms with Crippen LogP contribution in [0.3, 0.4) is 0 Å². The minimum atomic E-state index is -3.38. The first-order chi connectivity index (χ1) is 5.27. The smallest absolute Gasteiger partial charge is 0.168 e. The van der Waals surface area contributed by atoms with Crippen LogP contribution in [0.4, 0.5) is 0 Å². The van der Waals surface area contributed by atoms with Crippen molar-refractivity contribution in [2.75, 3.05) is 11.5 Å². The van der Waals surface area contributed by atoms with E-state index in [1.807, 2.05) is 0 Å². The summed E-state index contributed by atoms with van der Waals surface area (Å²) in [5, 5.41) is 0. The Kier molecular flexibility index (Phi) is 2.24. The molecular weight excluding hydrogens is 200 g/mol. The molecule has 0 aromatic heterocycles. The van der Waals surface area contributed by atoms with Crippen LogP contribution in [-0.4, -0.2) is 32.9 Å². The van der Waals surface area contributed by atoms with E-state index in [0.29, 0.717) is 0 Å². The third-order valence-electron chi connectivity index (χ3n) is 1.90. The standard InChI is InChI=1S/C6H12O4S2/c1-5(2)6-11(7,8)3-4-12(6,9)10/h5-6H,3-4H2,1-2H3. The summed E-state index contributed by atoms with van der Waals surface area (Å²) in [5.74, 6) is -0.765. The van der Waals surface area contributed by atoms with E-state index in [4.69, 9.17) is 0 Å². The van der Waals surface area contributed by atoms with Gasteiger partial charge in [-0.15, -0.1) is 0 Å². The molecule has 1 aliphatic rings. The zero-order chi connectivity index (χ0) is 9.57. The van der Waals surface area contributed by atoms with Gasteiger partial charge in [-0.3, -0.25) is 0 Å². The average molecular weight is 212 g/mol. The summed E-state index contributed by atoms with van der Waals surface area (Å²) in [7, 11) is -6.76. The lowest BCUT2D eigenvalue weighted by molar-refractivity contribution is 0.558. The van der Waals surface area contributed by atoms with Crippen LogP contribution in [0, 0.1) is 5.92 Å². The predicted octanol–water partition coefficient (Wildman–Crippen LogP) is -0.188. The van der Waals surface area contributed by atoms with Crippen molar-refractivity contribution in [3.63, 3.8) is 0 Å². The van der Waals surface area contributed by atoms with Crippen molar-refractivity contribution in [2.45, 2.75) is 18.4 Å². The van der Waals surface area contributed by atoms with Crippen molar-refractivity contribution in [1.29, 1.82) is 0 Å².